The van der Waals surface area contributed by atoms with Gasteiger partial charge in [-0.2, -0.15) is 0 Å². The van der Waals surface area contributed by atoms with Crippen LogP contribution in [0.4, 0.5) is 0 Å². The SMILES string of the molecule is CCCCCCCCCCC=Cc1ccc(C(=O)C(=O)O)cc1. The fraction of sp³-hybridized carbons (Fsp3) is 0.500. The highest BCUT2D eigenvalue weighted by Crippen LogP contribution is 2.11. The highest BCUT2D eigenvalue weighted by Gasteiger charge is 2.13. The van der Waals surface area contributed by atoms with Crippen molar-refractivity contribution in [2.24, 2.45) is 0 Å². The van der Waals surface area contributed by atoms with Crippen LogP contribution in [0.15, 0.2) is 30.3 Å². The Morgan fingerprint density at radius 3 is 2.04 bits per heavy atom. The van der Waals surface area contributed by atoms with Crippen molar-refractivity contribution in [3.05, 3.63) is 41.5 Å². The molecule has 0 saturated heterocycles. The number of hydrogen-bond acceptors (Lipinski definition) is 2. The molecule has 126 valence electrons. The lowest BCUT2D eigenvalue weighted by atomic mass is 10.1. The van der Waals surface area contributed by atoms with Crippen molar-refractivity contribution >= 4 is 17.8 Å². The third-order valence-electron chi connectivity index (χ3n) is 3.90. The first-order valence-corrected chi connectivity index (χ1v) is 8.69. The van der Waals surface area contributed by atoms with Gasteiger partial charge in [0.15, 0.2) is 0 Å². The van der Waals surface area contributed by atoms with Gasteiger partial charge in [0.05, 0.1) is 0 Å². The Morgan fingerprint density at radius 1 is 0.913 bits per heavy atom. The fourth-order valence-electron chi connectivity index (χ4n) is 2.48. The summed E-state index contributed by atoms with van der Waals surface area (Å²) in [6.07, 6.45) is 15.8. The molecule has 0 atom stereocenters. The molecule has 1 aromatic rings. The zero-order valence-electron chi connectivity index (χ0n) is 14.1. The average molecular weight is 316 g/mol. The van der Waals surface area contributed by atoms with Crippen molar-refractivity contribution in [1.29, 1.82) is 0 Å². The van der Waals surface area contributed by atoms with Gasteiger partial charge in [-0.05, 0) is 18.4 Å². The molecule has 0 aromatic heterocycles. The minimum absolute atomic E-state index is 0.220. The van der Waals surface area contributed by atoms with E-state index in [9.17, 15) is 9.59 Å². The molecule has 0 aliphatic carbocycles. The van der Waals surface area contributed by atoms with Crippen LogP contribution in [-0.2, 0) is 4.79 Å². The standard InChI is InChI=1S/C20H28O3/c1-2-3-4-5-6-7-8-9-10-11-12-17-13-15-18(16-14-17)19(21)20(22)23/h11-16H,2-10H2,1H3,(H,22,23). The van der Waals surface area contributed by atoms with Crippen LogP contribution in [0, 0.1) is 0 Å². The zero-order chi connectivity index (χ0) is 16.9. The number of allylic oxidation sites excluding steroid dienone is 1. The molecular formula is C20H28O3. The second kappa shape index (κ2) is 11.6. The van der Waals surface area contributed by atoms with Crippen LogP contribution >= 0.6 is 0 Å². The number of unbranched alkanes of at least 4 members (excludes halogenated alkanes) is 8. The zero-order valence-corrected chi connectivity index (χ0v) is 14.1. The molecule has 0 bridgehead atoms. The third kappa shape index (κ3) is 8.34. The molecule has 0 radical (unpaired) electrons. The van der Waals surface area contributed by atoms with E-state index >= 15 is 0 Å². The van der Waals surface area contributed by atoms with E-state index in [0.29, 0.717) is 0 Å². The molecule has 3 heteroatoms. The number of carbonyl (C=O) groups is 2. The number of ketones is 1. The number of carboxylic acid groups (broad SMARTS) is 1. The Morgan fingerprint density at radius 2 is 1.48 bits per heavy atom. The maximum atomic E-state index is 11.3. The van der Waals surface area contributed by atoms with E-state index in [2.05, 4.69) is 13.0 Å². The summed E-state index contributed by atoms with van der Waals surface area (Å²) in [6, 6.07) is 6.68. The van der Waals surface area contributed by atoms with Gasteiger partial charge in [0, 0.05) is 5.56 Å². The maximum Gasteiger partial charge on any atom is 0.377 e. The lowest BCUT2D eigenvalue weighted by Gasteiger charge is -2.00. The Balaban J connectivity index is 2.18. The third-order valence-corrected chi connectivity index (χ3v) is 3.90. The summed E-state index contributed by atoms with van der Waals surface area (Å²) in [4.78, 5) is 21.9. The van der Waals surface area contributed by atoms with Crippen LogP contribution in [-0.4, -0.2) is 16.9 Å². The smallest absolute Gasteiger partial charge is 0.377 e. The number of hydrogen-bond donors (Lipinski definition) is 1. The molecule has 0 heterocycles. The number of carboxylic acids is 1. The second-order valence-electron chi connectivity index (χ2n) is 5.92. The van der Waals surface area contributed by atoms with Gasteiger partial charge in [-0.15, -0.1) is 0 Å². The molecular weight excluding hydrogens is 288 g/mol. The molecule has 1 aromatic carbocycles. The monoisotopic (exact) mass is 316 g/mol. The van der Waals surface area contributed by atoms with Gasteiger partial charge in [0.2, 0.25) is 0 Å². The van der Waals surface area contributed by atoms with Crippen molar-refractivity contribution in [3.8, 4) is 0 Å². The molecule has 0 aliphatic rings. The summed E-state index contributed by atoms with van der Waals surface area (Å²) in [6.45, 7) is 2.24. The van der Waals surface area contributed by atoms with Crippen molar-refractivity contribution in [3.63, 3.8) is 0 Å². The van der Waals surface area contributed by atoms with Gasteiger partial charge < -0.3 is 5.11 Å². The van der Waals surface area contributed by atoms with Gasteiger partial charge in [-0.1, -0.05) is 88.3 Å². The number of aliphatic carboxylic acids is 1. The van der Waals surface area contributed by atoms with Crippen LogP contribution in [0.3, 0.4) is 0 Å². The molecule has 0 saturated carbocycles. The van der Waals surface area contributed by atoms with E-state index in [0.717, 1.165) is 12.0 Å². The lowest BCUT2D eigenvalue weighted by molar-refractivity contribution is -0.131. The topological polar surface area (TPSA) is 54.4 Å². The van der Waals surface area contributed by atoms with Crippen LogP contribution in [0.25, 0.3) is 6.08 Å². The summed E-state index contributed by atoms with van der Waals surface area (Å²) >= 11 is 0. The molecule has 0 unspecified atom stereocenters. The minimum Gasteiger partial charge on any atom is -0.475 e. The predicted molar refractivity (Wildman–Crippen MR) is 94.7 cm³/mol. The highest BCUT2D eigenvalue weighted by molar-refractivity contribution is 6.39. The molecule has 1 rings (SSSR count). The van der Waals surface area contributed by atoms with Crippen molar-refractivity contribution < 1.29 is 14.7 Å². The van der Waals surface area contributed by atoms with E-state index in [1.165, 1.54) is 51.4 Å². The Labute approximate surface area is 139 Å². The highest BCUT2D eigenvalue weighted by atomic mass is 16.4. The Bertz CT molecular complexity index is 500. The molecule has 0 spiro atoms. The predicted octanol–water partition coefficient (Wildman–Crippen LogP) is 5.50. The molecule has 1 N–H and O–H groups in total. The van der Waals surface area contributed by atoms with Gasteiger partial charge in [-0.3, -0.25) is 4.79 Å². The number of rotatable bonds is 12. The molecule has 0 aliphatic heterocycles. The number of carbonyl (C=O) groups excluding carboxylic acids is 1. The van der Waals surface area contributed by atoms with E-state index in [1.807, 2.05) is 6.08 Å². The summed E-state index contributed by atoms with van der Waals surface area (Å²) in [5.41, 5.74) is 1.21. The Kier molecular flexibility index (Phi) is 9.69. The molecule has 0 amide bonds. The van der Waals surface area contributed by atoms with E-state index in [1.54, 1.807) is 24.3 Å². The molecule has 0 fully saturated rings. The summed E-state index contributed by atoms with van der Waals surface area (Å²) in [5.74, 6) is -2.28. The van der Waals surface area contributed by atoms with E-state index < -0.39 is 11.8 Å². The van der Waals surface area contributed by atoms with E-state index in [4.69, 9.17) is 5.11 Å². The van der Waals surface area contributed by atoms with Crippen molar-refractivity contribution in [2.45, 2.75) is 64.7 Å². The largest absolute Gasteiger partial charge is 0.475 e. The number of benzene rings is 1. The van der Waals surface area contributed by atoms with Gasteiger partial charge in [0.1, 0.15) is 0 Å². The van der Waals surface area contributed by atoms with Crippen molar-refractivity contribution in [2.75, 3.05) is 0 Å². The number of Topliss-reactive ketones (excluding diaryl/α,β-unsaturated/α-hetero) is 1. The minimum atomic E-state index is -1.41. The summed E-state index contributed by atoms with van der Waals surface area (Å²) in [7, 11) is 0. The molecule has 23 heavy (non-hydrogen) atoms. The van der Waals surface area contributed by atoms with Crippen LogP contribution in [0.2, 0.25) is 0 Å². The first kappa shape index (κ1) is 19.1. The molecule has 3 nitrogen and oxygen atoms in total. The van der Waals surface area contributed by atoms with Gasteiger partial charge in [0.25, 0.3) is 5.78 Å². The van der Waals surface area contributed by atoms with E-state index in [-0.39, 0.29) is 5.56 Å². The lowest BCUT2D eigenvalue weighted by Crippen LogP contribution is -2.12. The second-order valence-corrected chi connectivity index (χ2v) is 5.92. The summed E-state index contributed by atoms with van der Waals surface area (Å²) < 4.78 is 0. The first-order valence-electron chi connectivity index (χ1n) is 8.69. The fourth-order valence-corrected chi connectivity index (χ4v) is 2.48. The average Bonchev–Trinajstić information content (AvgIpc) is 2.56. The Hall–Kier alpha value is -1.90. The normalized spacial score (nSPS) is 11.0. The maximum absolute atomic E-state index is 11.3. The van der Waals surface area contributed by atoms with Crippen LogP contribution < -0.4 is 0 Å². The first-order chi connectivity index (χ1) is 11.1. The summed E-state index contributed by atoms with van der Waals surface area (Å²) in [5, 5.41) is 8.65. The van der Waals surface area contributed by atoms with Crippen LogP contribution in [0.1, 0.15) is 80.6 Å². The van der Waals surface area contributed by atoms with Gasteiger partial charge >= 0.3 is 5.97 Å². The quantitative estimate of drug-likeness (QED) is 0.315. The van der Waals surface area contributed by atoms with Crippen molar-refractivity contribution in [1.82, 2.24) is 0 Å². The van der Waals surface area contributed by atoms with Crippen LogP contribution in [0.5, 0.6) is 0 Å². The van der Waals surface area contributed by atoms with Gasteiger partial charge in [-0.25, -0.2) is 4.79 Å².